The molecule has 6 heteroatoms. The predicted molar refractivity (Wildman–Crippen MR) is 88.1 cm³/mol. The van der Waals surface area contributed by atoms with Gasteiger partial charge >= 0.3 is 0 Å². The lowest BCUT2D eigenvalue weighted by atomic mass is 10.1. The van der Waals surface area contributed by atoms with Gasteiger partial charge < -0.3 is 10.4 Å². The summed E-state index contributed by atoms with van der Waals surface area (Å²) in [6.07, 6.45) is 4.57. The molecular weight excluding hydrogens is 320 g/mol. The van der Waals surface area contributed by atoms with Gasteiger partial charge in [-0.3, -0.25) is 4.79 Å². The molecule has 0 fully saturated rings. The average molecular weight is 335 g/mol. The Bertz CT molecular complexity index is 714. The second-order valence-electron chi connectivity index (χ2n) is 5.16. The second kappa shape index (κ2) is 6.60. The van der Waals surface area contributed by atoms with Crippen LogP contribution >= 0.6 is 22.9 Å². The van der Waals surface area contributed by atoms with Crippen LogP contribution in [0.4, 0.5) is 0 Å². The van der Waals surface area contributed by atoms with E-state index in [1.807, 2.05) is 30.4 Å². The molecule has 0 aliphatic heterocycles. The van der Waals surface area contributed by atoms with Crippen molar-refractivity contribution in [2.45, 2.75) is 12.5 Å². The van der Waals surface area contributed by atoms with Gasteiger partial charge in [0.1, 0.15) is 10.7 Å². The molecule has 22 heavy (non-hydrogen) atoms. The molecule has 0 unspecified atom stereocenters. The predicted octanol–water partition coefficient (Wildman–Crippen LogP) is 3.13. The van der Waals surface area contributed by atoms with E-state index in [4.69, 9.17) is 16.7 Å². The fraction of sp³-hybridized carbons (Fsp3) is 0.250. The first-order valence-corrected chi connectivity index (χ1v) is 8.23. The normalized spacial score (nSPS) is 20.3. The Morgan fingerprint density at radius 1 is 1.41 bits per heavy atom. The Labute approximate surface area is 137 Å². The van der Waals surface area contributed by atoms with Crippen molar-refractivity contribution < 1.29 is 9.90 Å². The molecule has 1 aromatic carbocycles. The maximum absolute atomic E-state index is 12.2. The monoisotopic (exact) mass is 334 g/mol. The number of halogens is 1. The van der Waals surface area contributed by atoms with Gasteiger partial charge in [-0.15, -0.1) is 11.3 Å². The third-order valence-electron chi connectivity index (χ3n) is 3.56. The molecule has 0 radical (unpaired) electrons. The van der Waals surface area contributed by atoms with Crippen molar-refractivity contribution in [3.8, 4) is 10.6 Å². The first-order chi connectivity index (χ1) is 10.7. The van der Waals surface area contributed by atoms with E-state index in [0.717, 1.165) is 17.0 Å². The van der Waals surface area contributed by atoms with Crippen LogP contribution in [-0.4, -0.2) is 28.6 Å². The number of rotatable bonds is 4. The molecule has 1 aliphatic carbocycles. The van der Waals surface area contributed by atoms with Crippen molar-refractivity contribution in [2.75, 3.05) is 6.61 Å². The van der Waals surface area contributed by atoms with Gasteiger partial charge in [-0.1, -0.05) is 42.0 Å². The summed E-state index contributed by atoms with van der Waals surface area (Å²) in [6, 6.07) is 7.39. The maximum Gasteiger partial charge on any atom is 0.271 e. The second-order valence-corrected chi connectivity index (χ2v) is 6.43. The van der Waals surface area contributed by atoms with Crippen LogP contribution in [0.2, 0.25) is 5.02 Å². The number of carbonyl (C=O) groups is 1. The fourth-order valence-corrected chi connectivity index (χ4v) is 3.52. The molecular formula is C16H15ClN2O2S. The largest absolute Gasteiger partial charge is 0.396 e. The van der Waals surface area contributed by atoms with Crippen LogP contribution in [0, 0.1) is 5.92 Å². The molecule has 0 saturated heterocycles. The van der Waals surface area contributed by atoms with Crippen LogP contribution in [0.15, 0.2) is 41.8 Å². The summed E-state index contributed by atoms with van der Waals surface area (Å²) in [7, 11) is 0. The molecule has 0 saturated carbocycles. The molecule has 0 bridgehead atoms. The van der Waals surface area contributed by atoms with E-state index in [1.54, 1.807) is 11.4 Å². The lowest BCUT2D eigenvalue weighted by Crippen LogP contribution is -2.33. The van der Waals surface area contributed by atoms with Crippen LogP contribution in [0.25, 0.3) is 10.6 Å². The standard InChI is InChI=1S/C16H15ClN2O2S/c17-13-4-2-1-3-12(13)16-19-14(9-22-16)15(21)18-11-6-5-10(7-11)8-20/h1-6,9-11,20H,7-8H2,(H,18,21)/t10-,11+/m0/s1. The summed E-state index contributed by atoms with van der Waals surface area (Å²) in [5.41, 5.74) is 1.22. The highest BCUT2D eigenvalue weighted by atomic mass is 35.5. The van der Waals surface area contributed by atoms with E-state index in [9.17, 15) is 4.79 Å². The molecule has 1 heterocycles. The molecule has 0 spiro atoms. The number of thiazole rings is 1. The summed E-state index contributed by atoms with van der Waals surface area (Å²) in [6.45, 7) is 0.107. The van der Waals surface area contributed by atoms with Gasteiger partial charge in [0, 0.05) is 29.5 Å². The number of hydrogen-bond acceptors (Lipinski definition) is 4. The van der Waals surface area contributed by atoms with E-state index in [2.05, 4.69) is 10.3 Å². The fourth-order valence-electron chi connectivity index (χ4n) is 2.40. The average Bonchev–Trinajstić information content (AvgIpc) is 3.16. The number of hydrogen-bond donors (Lipinski definition) is 2. The molecule has 3 rings (SSSR count). The van der Waals surface area contributed by atoms with E-state index < -0.39 is 0 Å². The summed E-state index contributed by atoms with van der Waals surface area (Å²) >= 11 is 7.54. The van der Waals surface area contributed by atoms with Crippen molar-refractivity contribution in [2.24, 2.45) is 5.92 Å². The highest BCUT2D eigenvalue weighted by Gasteiger charge is 2.21. The van der Waals surface area contributed by atoms with Gasteiger partial charge in [0.2, 0.25) is 0 Å². The Balaban J connectivity index is 1.70. The van der Waals surface area contributed by atoms with Crippen LogP contribution in [0.1, 0.15) is 16.9 Å². The number of nitrogens with one attached hydrogen (secondary N) is 1. The van der Waals surface area contributed by atoms with Gasteiger partial charge in [0.25, 0.3) is 5.91 Å². The maximum atomic E-state index is 12.2. The molecule has 2 atom stereocenters. The van der Waals surface area contributed by atoms with Crippen LogP contribution in [-0.2, 0) is 0 Å². The minimum atomic E-state index is -0.206. The molecule has 1 aliphatic rings. The van der Waals surface area contributed by atoms with Crippen molar-refractivity contribution in [1.29, 1.82) is 0 Å². The van der Waals surface area contributed by atoms with E-state index in [1.165, 1.54) is 11.3 Å². The molecule has 114 valence electrons. The van der Waals surface area contributed by atoms with Crippen molar-refractivity contribution in [3.63, 3.8) is 0 Å². The zero-order valence-corrected chi connectivity index (χ0v) is 13.3. The van der Waals surface area contributed by atoms with Gasteiger partial charge in [0.05, 0.1) is 5.02 Å². The van der Waals surface area contributed by atoms with Gasteiger partial charge in [-0.05, 0) is 12.5 Å². The molecule has 2 aromatic rings. The zero-order chi connectivity index (χ0) is 15.5. The minimum absolute atomic E-state index is 0.0462. The Hall–Kier alpha value is -1.69. The Kier molecular flexibility index (Phi) is 4.57. The minimum Gasteiger partial charge on any atom is -0.396 e. The highest BCUT2D eigenvalue weighted by molar-refractivity contribution is 7.13. The molecule has 1 amide bonds. The molecule has 1 aromatic heterocycles. The Morgan fingerprint density at radius 3 is 2.95 bits per heavy atom. The summed E-state index contributed by atoms with van der Waals surface area (Å²) < 4.78 is 0. The van der Waals surface area contributed by atoms with E-state index in [-0.39, 0.29) is 24.5 Å². The number of carbonyl (C=O) groups excluding carboxylic acids is 1. The zero-order valence-electron chi connectivity index (χ0n) is 11.7. The van der Waals surface area contributed by atoms with E-state index >= 15 is 0 Å². The molecule has 2 N–H and O–H groups in total. The van der Waals surface area contributed by atoms with Gasteiger partial charge in [-0.25, -0.2) is 4.98 Å². The lowest BCUT2D eigenvalue weighted by Gasteiger charge is -2.11. The number of aliphatic hydroxyl groups excluding tert-OH is 1. The third kappa shape index (κ3) is 3.21. The number of aliphatic hydroxyl groups is 1. The number of aromatic nitrogens is 1. The summed E-state index contributed by atoms with van der Waals surface area (Å²) in [5, 5.41) is 15.1. The van der Waals surface area contributed by atoms with Crippen LogP contribution in [0.3, 0.4) is 0 Å². The van der Waals surface area contributed by atoms with Crippen LogP contribution in [0.5, 0.6) is 0 Å². The summed E-state index contributed by atoms with van der Waals surface area (Å²) in [4.78, 5) is 16.6. The van der Waals surface area contributed by atoms with Crippen LogP contribution < -0.4 is 5.32 Å². The topological polar surface area (TPSA) is 62.2 Å². The van der Waals surface area contributed by atoms with Gasteiger partial charge in [-0.2, -0.15) is 0 Å². The first kappa shape index (κ1) is 15.2. The number of amides is 1. The lowest BCUT2D eigenvalue weighted by molar-refractivity contribution is 0.0937. The first-order valence-electron chi connectivity index (χ1n) is 6.98. The van der Waals surface area contributed by atoms with Gasteiger partial charge in [0.15, 0.2) is 0 Å². The molecule has 4 nitrogen and oxygen atoms in total. The summed E-state index contributed by atoms with van der Waals surface area (Å²) in [5.74, 6) is -0.0813. The van der Waals surface area contributed by atoms with Crippen molar-refractivity contribution >= 4 is 28.8 Å². The third-order valence-corrected chi connectivity index (χ3v) is 4.77. The highest BCUT2D eigenvalue weighted by Crippen LogP contribution is 2.30. The number of nitrogens with zero attached hydrogens (tertiary/aromatic N) is 1. The van der Waals surface area contributed by atoms with E-state index in [0.29, 0.717) is 10.7 Å². The van der Waals surface area contributed by atoms with Crippen molar-refractivity contribution in [3.05, 3.63) is 52.5 Å². The smallest absolute Gasteiger partial charge is 0.271 e. The SMILES string of the molecule is O=C(N[C@@H]1C=C[C@H](CO)C1)c1csc(-c2ccccc2Cl)n1. The van der Waals surface area contributed by atoms with Crippen molar-refractivity contribution in [1.82, 2.24) is 10.3 Å². The quantitative estimate of drug-likeness (QED) is 0.844. The Morgan fingerprint density at radius 2 is 2.23 bits per heavy atom. The number of benzene rings is 1.